The first-order valence-corrected chi connectivity index (χ1v) is 9.16. The molecule has 7 nitrogen and oxygen atoms in total. The highest BCUT2D eigenvalue weighted by Crippen LogP contribution is 2.34. The van der Waals surface area contributed by atoms with E-state index in [1.807, 2.05) is 19.9 Å². The summed E-state index contributed by atoms with van der Waals surface area (Å²) < 4.78 is 5.12. The van der Waals surface area contributed by atoms with Crippen LogP contribution in [0.15, 0.2) is 35.6 Å². The zero-order chi connectivity index (χ0) is 18.7. The highest BCUT2D eigenvalue weighted by Gasteiger charge is 2.31. The van der Waals surface area contributed by atoms with Crippen LogP contribution in [0, 0.1) is 6.92 Å². The van der Waals surface area contributed by atoms with Crippen LogP contribution < -0.4 is 15.8 Å². The number of pyridine rings is 2. The molecule has 0 aliphatic carbocycles. The summed E-state index contributed by atoms with van der Waals surface area (Å²) in [6.45, 7) is 3.82. The number of amides is 1. The van der Waals surface area contributed by atoms with Gasteiger partial charge < -0.3 is 15.8 Å². The molecule has 0 fully saturated rings. The second-order valence-corrected chi connectivity index (χ2v) is 7.36. The van der Waals surface area contributed by atoms with E-state index in [2.05, 4.69) is 20.3 Å². The minimum absolute atomic E-state index is 0.283. The lowest BCUT2D eigenvalue weighted by Crippen LogP contribution is -2.29. The molecule has 0 spiro atoms. The van der Waals surface area contributed by atoms with Gasteiger partial charge in [0, 0.05) is 17.6 Å². The SMILES string of the molecule is COc1cnc(C(=O)Nc2ccnc([C@]3(C)CCSC(N)=N3)c2)c(C)c1. The third-order valence-corrected chi connectivity index (χ3v) is 5.06. The third kappa shape index (κ3) is 3.80. The number of aromatic nitrogens is 2. The second kappa shape index (κ2) is 7.33. The Balaban J connectivity index is 1.83. The number of thioether (sulfide) groups is 1. The molecule has 3 N–H and O–H groups in total. The molecule has 1 aliphatic rings. The van der Waals surface area contributed by atoms with Gasteiger partial charge in [-0.3, -0.25) is 9.78 Å². The van der Waals surface area contributed by atoms with Gasteiger partial charge in [0.25, 0.3) is 5.91 Å². The number of carbonyl (C=O) groups is 1. The Bertz CT molecular complexity index is 870. The van der Waals surface area contributed by atoms with Gasteiger partial charge in [0.15, 0.2) is 5.17 Å². The first-order valence-electron chi connectivity index (χ1n) is 8.18. The lowest BCUT2D eigenvalue weighted by Gasteiger charge is -2.28. The van der Waals surface area contributed by atoms with Crippen molar-refractivity contribution < 1.29 is 9.53 Å². The summed E-state index contributed by atoms with van der Waals surface area (Å²) in [5, 5.41) is 3.44. The maximum absolute atomic E-state index is 12.6. The van der Waals surface area contributed by atoms with Crippen molar-refractivity contribution in [2.45, 2.75) is 25.8 Å². The molecule has 0 saturated heterocycles. The highest BCUT2D eigenvalue weighted by molar-refractivity contribution is 8.13. The van der Waals surface area contributed by atoms with Gasteiger partial charge in [0.2, 0.25) is 0 Å². The van der Waals surface area contributed by atoms with E-state index in [-0.39, 0.29) is 5.91 Å². The number of carbonyl (C=O) groups excluding carboxylic acids is 1. The Hall–Kier alpha value is -2.61. The van der Waals surface area contributed by atoms with Gasteiger partial charge in [-0.2, -0.15) is 0 Å². The van der Waals surface area contributed by atoms with Crippen LogP contribution in [-0.4, -0.2) is 33.9 Å². The van der Waals surface area contributed by atoms with E-state index in [4.69, 9.17) is 10.5 Å². The van der Waals surface area contributed by atoms with E-state index in [0.29, 0.717) is 22.3 Å². The summed E-state index contributed by atoms with van der Waals surface area (Å²) >= 11 is 1.54. The molecule has 1 atom stereocenters. The number of methoxy groups -OCH3 is 1. The van der Waals surface area contributed by atoms with Crippen molar-refractivity contribution in [2.24, 2.45) is 10.7 Å². The van der Waals surface area contributed by atoms with Crippen LogP contribution in [0.3, 0.4) is 0 Å². The fourth-order valence-electron chi connectivity index (χ4n) is 2.76. The summed E-state index contributed by atoms with van der Waals surface area (Å²) in [7, 11) is 1.56. The van der Waals surface area contributed by atoms with Crippen molar-refractivity contribution in [1.29, 1.82) is 0 Å². The zero-order valence-corrected chi connectivity index (χ0v) is 15.8. The number of anilines is 1. The van der Waals surface area contributed by atoms with E-state index in [1.165, 1.54) is 6.20 Å². The molecule has 1 aliphatic heterocycles. The Morgan fingerprint density at radius 3 is 2.88 bits per heavy atom. The summed E-state index contributed by atoms with van der Waals surface area (Å²) in [6, 6.07) is 5.36. The van der Waals surface area contributed by atoms with Crippen molar-refractivity contribution in [3.8, 4) is 5.75 Å². The predicted octanol–water partition coefficient (Wildman–Crippen LogP) is 2.71. The molecule has 136 valence electrons. The maximum atomic E-state index is 12.6. The normalized spacial score (nSPS) is 19.6. The van der Waals surface area contributed by atoms with Crippen molar-refractivity contribution in [2.75, 3.05) is 18.2 Å². The third-order valence-electron chi connectivity index (χ3n) is 4.27. The summed E-state index contributed by atoms with van der Waals surface area (Å²) in [5.41, 5.74) is 7.91. The van der Waals surface area contributed by atoms with Crippen LogP contribution >= 0.6 is 11.8 Å². The van der Waals surface area contributed by atoms with Crippen LogP contribution in [0.5, 0.6) is 5.75 Å². The lowest BCUT2D eigenvalue weighted by atomic mass is 9.94. The van der Waals surface area contributed by atoms with Gasteiger partial charge in [-0.15, -0.1) is 0 Å². The van der Waals surface area contributed by atoms with Gasteiger partial charge in [0.1, 0.15) is 17.0 Å². The largest absolute Gasteiger partial charge is 0.495 e. The van der Waals surface area contributed by atoms with Crippen LogP contribution in [0.1, 0.15) is 35.1 Å². The first-order chi connectivity index (χ1) is 12.4. The summed E-state index contributed by atoms with van der Waals surface area (Å²) in [5.74, 6) is 1.22. The average Bonchev–Trinajstić information content (AvgIpc) is 2.61. The number of aryl methyl sites for hydroxylation is 1. The molecule has 0 unspecified atom stereocenters. The maximum Gasteiger partial charge on any atom is 0.274 e. The molecular weight excluding hydrogens is 350 g/mol. The van der Waals surface area contributed by atoms with E-state index >= 15 is 0 Å². The molecule has 0 aromatic carbocycles. The fourth-order valence-corrected chi connectivity index (χ4v) is 3.74. The molecule has 1 amide bonds. The number of nitrogens with one attached hydrogen (secondary N) is 1. The second-order valence-electron chi connectivity index (χ2n) is 6.25. The van der Waals surface area contributed by atoms with Gasteiger partial charge in [0.05, 0.1) is 19.0 Å². The molecule has 0 radical (unpaired) electrons. The van der Waals surface area contributed by atoms with Gasteiger partial charge in [-0.25, -0.2) is 9.98 Å². The Labute approximate surface area is 156 Å². The minimum Gasteiger partial charge on any atom is -0.495 e. The Morgan fingerprint density at radius 2 is 2.19 bits per heavy atom. The molecule has 0 bridgehead atoms. The van der Waals surface area contributed by atoms with E-state index < -0.39 is 5.54 Å². The molecule has 3 heterocycles. The molecule has 2 aromatic rings. The molecule has 2 aromatic heterocycles. The number of nitrogens with zero attached hydrogens (tertiary/aromatic N) is 3. The Kier molecular flexibility index (Phi) is 5.13. The topological polar surface area (TPSA) is 102 Å². The van der Waals surface area contributed by atoms with E-state index in [9.17, 15) is 4.79 Å². The van der Waals surface area contributed by atoms with Crippen molar-refractivity contribution >= 4 is 28.5 Å². The quantitative estimate of drug-likeness (QED) is 0.857. The molecule has 0 saturated carbocycles. The highest BCUT2D eigenvalue weighted by atomic mass is 32.2. The van der Waals surface area contributed by atoms with Crippen molar-refractivity contribution in [3.63, 3.8) is 0 Å². The van der Waals surface area contributed by atoms with Crippen LogP contribution in [-0.2, 0) is 5.54 Å². The van der Waals surface area contributed by atoms with Gasteiger partial charge in [-0.1, -0.05) is 11.8 Å². The molecule has 26 heavy (non-hydrogen) atoms. The molecule has 3 rings (SSSR count). The number of nitrogens with two attached hydrogens (primary N) is 1. The van der Waals surface area contributed by atoms with Crippen LogP contribution in [0.4, 0.5) is 5.69 Å². The smallest absolute Gasteiger partial charge is 0.274 e. The van der Waals surface area contributed by atoms with Gasteiger partial charge >= 0.3 is 0 Å². The number of aliphatic imine (C=N–C) groups is 1. The summed E-state index contributed by atoms with van der Waals surface area (Å²) in [6.07, 6.45) is 4.03. The van der Waals surface area contributed by atoms with Crippen LogP contribution in [0.25, 0.3) is 0 Å². The zero-order valence-electron chi connectivity index (χ0n) is 14.9. The number of hydrogen-bond acceptors (Lipinski definition) is 7. The molecule has 8 heteroatoms. The minimum atomic E-state index is -0.482. The molecular formula is C18H21N5O2S. The van der Waals surface area contributed by atoms with Crippen molar-refractivity contribution in [3.05, 3.63) is 47.5 Å². The number of hydrogen-bond donors (Lipinski definition) is 2. The summed E-state index contributed by atoms with van der Waals surface area (Å²) in [4.78, 5) is 25.7. The Morgan fingerprint density at radius 1 is 1.38 bits per heavy atom. The lowest BCUT2D eigenvalue weighted by molar-refractivity contribution is 0.102. The van der Waals surface area contributed by atoms with E-state index in [0.717, 1.165) is 23.4 Å². The number of ether oxygens (including phenoxy) is 1. The fraction of sp³-hybridized carbons (Fsp3) is 0.333. The average molecular weight is 371 g/mol. The number of amidine groups is 1. The number of rotatable bonds is 4. The predicted molar refractivity (Wildman–Crippen MR) is 104 cm³/mol. The standard InChI is InChI=1S/C18H21N5O2S/c1-11-8-13(25-3)10-21-15(11)16(24)22-12-4-6-20-14(9-12)18(2)5-7-26-17(19)23-18/h4,6,8-10H,5,7H2,1-3H3,(H2,19,23)(H,20,22,24)/t18-/m0/s1. The monoisotopic (exact) mass is 371 g/mol. The van der Waals surface area contributed by atoms with Gasteiger partial charge in [-0.05, 0) is 44.0 Å². The van der Waals surface area contributed by atoms with E-state index in [1.54, 1.807) is 37.2 Å². The van der Waals surface area contributed by atoms with Crippen LogP contribution in [0.2, 0.25) is 0 Å². The first kappa shape index (κ1) is 18.2. The van der Waals surface area contributed by atoms with Crippen molar-refractivity contribution in [1.82, 2.24) is 9.97 Å².